The molecule has 0 radical (unpaired) electrons. The van der Waals surface area contributed by atoms with Gasteiger partial charge in [0.05, 0.1) is 46.8 Å². The van der Waals surface area contributed by atoms with Gasteiger partial charge in [0.15, 0.2) is 0 Å². The van der Waals surface area contributed by atoms with Crippen molar-refractivity contribution in [1.82, 2.24) is 19.6 Å². The van der Waals surface area contributed by atoms with Gasteiger partial charge in [-0.05, 0) is 30.0 Å². The van der Waals surface area contributed by atoms with Gasteiger partial charge in [0.2, 0.25) is 5.91 Å². The minimum absolute atomic E-state index is 0.0179. The Hall–Kier alpha value is -2.85. The van der Waals surface area contributed by atoms with Gasteiger partial charge < -0.3 is 29.0 Å². The van der Waals surface area contributed by atoms with Crippen LogP contribution in [0.1, 0.15) is 49.7 Å². The number of carboxylic acid groups (broad SMARTS) is 1. The predicted molar refractivity (Wildman–Crippen MR) is 158 cm³/mol. The summed E-state index contributed by atoms with van der Waals surface area (Å²) in [6, 6.07) is 5.69. The number of likely N-dealkylation sites (N-methyl/N-ethyl adjacent to an activating group) is 1. The summed E-state index contributed by atoms with van der Waals surface area (Å²) in [5.41, 5.74) is 2.11. The van der Waals surface area contributed by atoms with Crippen LogP contribution in [-0.2, 0) is 16.0 Å². The quantitative estimate of drug-likeness (QED) is 0.345. The monoisotopic (exact) mass is 572 g/mol. The third-order valence-corrected chi connectivity index (χ3v) is 8.90. The number of rotatable bonds is 14. The molecule has 10 nitrogen and oxygen atoms in total. The number of quaternary nitrogens is 1. The number of hydrogen-bond donors (Lipinski definition) is 1. The van der Waals surface area contributed by atoms with Crippen molar-refractivity contribution in [3.8, 4) is 5.75 Å². The van der Waals surface area contributed by atoms with Crippen LogP contribution in [-0.4, -0.2) is 140 Å². The van der Waals surface area contributed by atoms with E-state index < -0.39 is 11.9 Å². The van der Waals surface area contributed by atoms with Crippen molar-refractivity contribution < 1.29 is 28.7 Å². The van der Waals surface area contributed by atoms with Gasteiger partial charge in [0, 0.05) is 71.1 Å². The van der Waals surface area contributed by atoms with Gasteiger partial charge in [0.1, 0.15) is 5.75 Å². The fourth-order valence-electron chi connectivity index (χ4n) is 6.55. The minimum Gasteiger partial charge on any atom is -0.493 e. The lowest BCUT2D eigenvalue weighted by Gasteiger charge is -2.31. The molecular formula is C31H50N5O5+. The number of aliphatic carboxylic acids is 1. The van der Waals surface area contributed by atoms with Crippen molar-refractivity contribution in [2.24, 2.45) is 5.92 Å². The highest BCUT2D eigenvalue weighted by Gasteiger charge is 2.47. The SMILES string of the molecule is CCCCN(CCC[N+](C)(C)C)C(=O)CN1CC(c2ccc3c(c2)CCO3)C(C(=O)O)C1CCN1CCN(C)C1=O. The van der Waals surface area contributed by atoms with E-state index in [1.54, 1.807) is 16.8 Å². The molecule has 3 aliphatic heterocycles. The molecule has 2 saturated heterocycles. The lowest BCUT2D eigenvalue weighted by molar-refractivity contribution is -0.870. The summed E-state index contributed by atoms with van der Waals surface area (Å²) in [5.74, 6) is -0.813. The molecule has 41 heavy (non-hydrogen) atoms. The molecule has 0 spiro atoms. The van der Waals surface area contributed by atoms with E-state index in [2.05, 4.69) is 39.0 Å². The molecule has 3 heterocycles. The molecule has 1 N–H and O–H groups in total. The minimum atomic E-state index is -0.845. The Bertz CT molecular complexity index is 1090. The van der Waals surface area contributed by atoms with E-state index in [9.17, 15) is 19.5 Å². The summed E-state index contributed by atoms with van der Waals surface area (Å²) < 4.78 is 6.54. The number of carboxylic acids is 1. The number of urea groups is 1. The molecule has 3 amide bonds. The van der Waals surface area contributed by atoms with Gasteiger partial charge in [-0.2, -0.15) is 0 Å². The molecule has 1 aromatic carbocycles. The van der Waals surface area contributed by atoms with Crippen LogP contribution in [0.4, 0.5) is 4.79 Å². The van der Waals surface area contributed by atoms with Crippen molar-refractivity contribution in [2.45, 2.75) is 51.0 Å². The van der Waals surface area contributed by atoms with E-state index in [0.717, 1.165) is 60.1 Å². The molecule has 3 unspecified atom stereocenters. The molecule has 0 aliphatic carbocycles. The third kappa shape index (κ3) is 7.71. The Balaban J connectivity index is 1.55. The lowest BCUT2D eigenvalue weighted by atomic mass is 9.83. The maximum absolute atomic E-state index is 13.8. The number of hydrogen-bond acceptors (Lipinski definition) is 5. The molecule has 0 bridgehead atoms. The number of likely N-dealkylation sites (tertiary alicyclic amines) is 1. The summed E-state index contributed by atoms with van der Waals surface area (Å²) in [7, 11) is 8.27. The van der Waals surface area contributed by atoms with Crippen molar-refractivity contribution in [3.63, 3.8) is 0 Å². The topological polar surface area (TPSA) is 93.6 Å². The number of unbranched alkanes of at least 4 members (excludes halogenated alkanes) is 1. The summed E-state index contributed by atoms with van der Waals surface area (Å²) in [5, 5.41) is 10.5. The van der Waals surface area contributed by atoms with Gasteiger partial charge >= 0.3 is 12.0 Å². The number of benzene rings is 1. The van der Waals surface area contributed by atoms with E-state index >= 15 is 0 Å². The zero-order valence-corrected chi connectivity index (χ0v) is 25.7. The molecule has 10 heteroatoms. The van der Waals surface area contributed by atoms with Crippen LogP contribution in [0.25, 0.3) is 0 Å². The zero-order valence-electron chi connectivity index (χ0n) is 25.7. The van der Waals surface area contributed by atoms with E-state index in [0.29, 0.717) is 45.8 Å². The Morgan fingerprint density at radius 2 is 1.90 bits per heavy atom. The summed E-state index contributed by atoms with van der Waals surface area (Å²) in [6.45, 7) is 7.68. The first-order valence-corrected chi connectivity index (χ1v) is 15.3. The van der Waals surface area contributed by atoms with Gasteiger partial charge in [0.25, 0.3) is 0 Å². The van der Waals surface area contributed by atoms with Crippen molar-refractivity contribution in [1.29, 1.82) is 0 Å². The third-order valence-electron chi connectivity index (χ3n) is 8.90. The van der Waals surface area contributed by atoms with E-state index in [1.165, 1.54) is 0 Å². The van der Waals surface area contributed by atoms with Crippen LogP contribution in [0.2, 0.25) is 0 Å². The highest BCUT2D eigenvalue weighted by Crippen LogP contribution is 2.41. The van der Waals surface area contributed by atoms with Gasteiger partial charge in [-0.25, -0.2) is 4.79 Å². The molecule has 228 valence electrons. The van der Waals surface area contributed by atoms with Crippen molar-refractivity contribution in [3.05, 3.63) is 29.3 Å². The first kappa shape index (κ1) is 31.1. The van der Waals surface area contributed by atoms with Gasteiger partial charge in [-0.1, -0.05) is 25.5 Å². The van der Waals surface area contributed by atoms with Gasteiger partial charge in [-0.15, -0.1) is 0 Å². The smallest absolute Gasteiger partial charge is 0.319 e. The molecule has 0 saturated carbocycles. The number of ether oxygens (including phenoxy) is 1. The first-order valence-electron chi connectivity index (χ1n) is 15.3. The Morgan fingerprint density at radius 1 is 1.15 bits per heavy atom. The van der Waals surface area contributed by atoms with Crippen LogP contribution in [0, 0.1) is 5.92 Å². The van der Waals surface area contributed by atoms with E-state index in [4.69, 9.17) is 4.74 Å². The van der Waals surface area contributed by atoms with E-state index in [-0.39, 0.29) is 30.4 Å². The fraction of sp³-hybridized carbons (Fsp3) is 0.710. The molecule has 0 aromatic heterocycles. The molecule has 4 rings (SSSR count). The Labute approximate surface area is 245 Å². The molecule has 3 aliphatic rings. The maximum atomic E-state index is 13.8. The van der Waals surface area contributed by atoms with Crippen LogP contribution in [0.5, 0.6) is 5.75 Å². The number of carbonyl (C=O) groups excluding carboxylic acids is 2. The van der Waals surface area contributed by atoms with Crippen LogP contribution < -0.4 is 4.74 Å². The molecule has 3 atom stereocenters. The van der Waals surface area contributed by atoms with Crippen LogP contribution in [0.15, 0.2) is 18.2 Å². The number of amides is 3. The average Bonchev–Trinajstić information content (AvgIpc) is 3.61. The second kappa shape index (κ2) is 13.4. The van der Waals surface area contributed by atoms with Gasteiger partial charge in [-0.3, -0.25) is 14.5 Å². The predicted octanol–water partition coefficient (Wildman–Crippen LogP) is 2.57. The standard InChI is InChI=1S/C31H49N5O5/c1-6-7-13-33(14-8-18-36(3,4)5)28(37)22-35-21-25(23-9-10-27-24(20-23)12-19-41-27)29(30(38)39)26(35)11-15-34-17-16-32(2)31(34)40/h9-10,20,25-26,29H,6-8,11-19,21-22H2,1-5H3/p+1. The highest BCUT2D eigenvalue weighted by molar-refractivity contribution is 5.79. The largest absolute Gasteiger partial charge is 0.493 e. The highest BCUT2D eigenvalue weighted by atomic mass is 16.5. The normalized spacial score (nSPS) is 22.8. The molecular weight excluding hydrogens is 522 g/mol. The molecule has 1 aromatic rings. The fourth-order valence-corrected chi connectivity index (χ4v) is 6.55. The molecule has 2 fully saturated rings. The number of carbonyl (C=O) groups is 3. The Morgan fingerprint density at radius 3 is 2.56 bits per heavy atom. The summed E-state index contributed by atoms with van der Waals surface area (Å²) in [6.07, 6.45) is 4.22. The summed E-state index contributed by atoms with van der Waals surface area (Å²) in [4.78, 5) is 46.8. The number of fused-ring (bicyclic) bond motifs is 1. The second-order valence-corrected chi connectivity index (χ2v) is 13.0. The summed E-state index contributed by atoms with van der Waals surface area (Å²) >= 11 is 0. The second-order valence-electron chi connectivity index (χ2n) is 13.0. The van der Waals surface area contributed by atoms with Crippen molar-refractivity contribution >= 4 is 17.9 Å². The van der Waals surface area contributed by atoms with Crippen molar-refractivity contribution in [2.75, 3.05) is 87.2 Å². The van der Waals surface area contributed by atoms with E-state index in [1.807, 2.05) is 17.0 Å². The Kier molecular flexibility index (Phi) is 10.2. The van der Waals surface area contributed by atoms with Crippen LogP contribution in [0.3, 0.4) is 0 Å². The lowest BCUT2D eigenvalue weighted by Crippen LogP contribution is -2.46. The first-order chi connectivity index (χ1) is 19.5. The average molecular weight is 573 g/mol. The van der Waals surface area contributed by atoms with Crippen LogP contribution >= 0.6 is 0 Å². The number of nitrogens with zero attached hydrogens (tertiary/aromatic N) is 5. The zero-order chi connectivity index (χ0) is 29.7. The maximum Gasteiger partial charge on any atom is 0.319 e.